The van der Waals surface area contributed by atoms with E-state index in [1.165, 1.54) is 31.2 Å². The SMILES string of the molecule is CNC(c1ccc2c(c1)CCCC2)C1CNC1. The highest BCUT2D eigenvalue weighted by Crippen LogP contribution is 2.29. The van der Waals surface area contributed by atoms with Crippen LogP contribution in [0.2, 0.25) is 0 Å². The van der Waals surface area contributed by atoms with Gasteiger partial charge in [-0.25, -0.2) is 0 Å². The summed E-state index contributed by atoms with van der Waals surface area (Å²) >= 11 is 0. The molecule has 1 aliphatic carbocycles. The molecule has 1 atom stereocenters. The second-order valence-corrected chi connectivity index (χ2v) is 5.42. The molecule has 1 heterocycles. The topological polar surface area (TPSA) is 24.1 Å². The number of hydrogen-bond acceptors (Lipinski definition) is 2. The summed E-state index contributed by atoms with van der Waals surface area (Å²) in [6.45, 7) is 2.31. The van der Waals surface area contributed by atoms with E-state index in [-0.39, 0.29) is 0 Å². The predicted octanol–water partition coefficient (Wildman–Crippen LogP) is 2.05. The van der Waals surface area contributed by atoms with Gasteiger partial charge in [-0.2, -0.15) is 0 Å². The minimum atomic E-state index is 0.531. The maximum atomic E-state index is 3.49. The Balaban J connectivity index is 1.86. The van der Waals surface area contributed by atoms with E-state index in [1.807, 2.05) is 0 Å². The predicted molar refractivity (Wildman–Crippen MR) is 71.2 cm³/mol. The van der Waals surface area contributed by atoms with Crippen LogP contribution in [-0.2, 0) is 12.8 Å². The van der Waals surface area contributed by atoms with Crippen molar-refractivity contribution in [3.05, 3.63) is 34.9 Å². The van der Waals surface area contributed by atoms with E-state index in [9.17, 15) is 0 Å². The highest BCUT2D eigenvalue weighted by Gasteiger charge is 2.27. The summed E-state index contributed by atoms with van der Waals surface area (Å²) < 4.78 is 0. The van der Waals surface area contributed by atoms with E-state index < -0.39 is 0 Å². The van der Waals surface area contributed by atoms with Crippen LogP contribution < -0.4 is 10.6 Å². The fraction of sp³-hybridized carbons (Fsp3) is 0.600. The number of rotatable bonds is 3. The van der Waals surface area contributed by atoms with Crippen LogP contribution in [0.25, 0.3) is 0 Å². The monoisotopic (exact) mass is 230 g/mol. The van der Waals surface area contributed by atoms with Gasteiger partial charge < -0.3 is 10.6 Å². The lowest BCUT2D eigenvalue weighted by Crippen LogP contribution is -2.48. The van der Waals surface area contributed by atoms with Gasteiger partial charge >= 0.3 is 0 Å². The van der Waals surface area contributed by atoms with Gasteiger partial charge in [-0.05, 0) is 49.4 Å². The van der Waals surface area contributed by atoms with Crippen LogP contribution in [0, 0.1) is 5.92 Å². The number of aryl methyl sites for hydroxylation is 2. The first-order chi connectivity index (χ1) is 8.38. The molecular weight excluding hydrogens is 208 g/mol. The molecule has 92 valence electrons. The van der Waals surface area contributed by atoms with Crippen molar-refractivity contribution < 1.29 is 0 Å². The van der Waals surface area contributed by atoms with Crippen molar-refractivity contribution in [3.8, 4) is 0 Å². The van der Waals surface area contributed by atoms with E-state index >= 15 is 0 Å². The summed E-state index contributed by atoms with van der Waals surface area (Å²) in [5.74, 6) is 0.765. The third-order valence-corrected chi connectivity index (χ3v) is 4.33. The normalized spacial score (nSPS) is 21.7. The molecule has 1 saturated heterocycles. The molecule has 0 saturated carbocycles. The number of fused-ring (bicyclic) bond motifs is 1. The van der Waals surface area contributed by atoms with E-state index in [4.69, 9.17) is 0 Å². The lowest BCUT2D eigenvalue weighted by Gasteiger charge is -2.35. The van der Waals surface area contributed by atoms with Crippen molar-refractivity contribution in [2.45, 2.75) is 31.7 Å². The molecule has 1 fully saturated rings. The third kappa shape index (κ3) is 2.12. The van der Waals surface area contributed by atoms with Crippen molar-refractivity contribution >= 4 is 0 Å². The molecule has 0 aromatic heterocycles. The Hall–Kier alpha value is -0.860. The molecule has 2 aliphatic rings. The molecule has 2 N–H and O–H groups in total. The minimum absolute atomic E-state index is 0.531. The van der Waals surface area contributed by atoms with Crippen LogP contribution in [-0.4, -0.2) is 20.1 Å². The van der Waals surface area contributed by atoms with Gasteiger partial charge in [0.25, 0.3) is 0 Å². The molecule has 1 unspecified atom stereocenters. The Bertz CT molecular complexity index is 396. The zero-order valence-electron chi connectivity index (χ0n) is 10.6. The van der Waals surface area contributed by atoms with E-state index in [2.05, 4.69) is 35.9 Å². The van der Waals surface area contributed by atoms with Gasteiger partial charge in [0.15, 0.2) is 0 Å². The molecule has 2 heteroatoms. The van der Waals surface area contributed by atoms with Crippen molar-refractivity contribution in [1.82, 2.24) is 10.6 Å². The summed E-state index contributed by atoms with van der Waals surface area (Å²) in [4.78, 5) is 0. The molecule has 0 bridgehead atoms. The summed E-state index contributed by atoms with van der Waals surface area (Å²) in [5, 5.41) is 6.86. The van der Waals surface area contributed by atoms with Gasteiger partial charge in [-0.1, -0.05) is 18.2 Å². The first-order valence-corrected chi connectivity index (χ1v) is 6.88. The zero-order valence-corrected chi connectivity index (χ0v) is 10.6. The number of nitrogens with one attached hydrogen (secondary N) is 2. The van der Waals surface area contributed by atoms with Crippen molar-refractivity contribution in [2.24, 2.45) is 5.92 Å². The summed E-state index contributed by atoms with van der Waals surface area (Å²) in [7, 11) is 2.09. The summed E-state index contributed by atoms with van der Waals surface area (Å²) in [6.07, 6.45) is 5.30. The largest absolute Gasteiger partial charge is 0.316 e. The molecule has 3 rings (SSSR count). The van der Waals surface area contributed by atoms with Crippen LogP contribution in [0.4, 0.5) is 0 Å². The van der Waals surface area contributed by atoms with Gasteiger partial charge in [0.1, 0.15) is 0 Å². The maximum Gasteiger partial charge on any atom is 0.0370 e. The van der Waals surface area contributed by atoms with Gasteiger partial charge in [0.05, 0.1) is 0 Å². The first-order valence-electron chi connectivity index (χ1n) is 6.88. The van der Waals surface area contributed by atoms with E-state index in [0.29, 0.717) is 6.04 Å². The molecule has 1 aromatic carbocycles. The van der Waals surface area contributed by atoms with Gasteiger partial charge in [0, 0.05) is 25.0 Å². The fourth-order valence-corrected chi connectivity index (χ4v) is 3.17. The molecule has 1 aromatic rings. The van der Waals surface area contributed by atoms with Crippen LogP contribution in [0.1, 0.15) is 35.6 Å². The minimum Gasteiger partial charge on any atom is -0.316 e. The van der Waals surface area contributed by atoms with Gasteiger partial charge in [-0.3, -0.25) is 0 Å². The zero-order chi connectivity index (χ0) is 11.7. The molecule has 17 heavy (non-hydrogen) atoms. The highest BCUT2D eigenvalue weighted by molar-refractivity contribution is 5.35. The van der Waals surface area contributed by atoms with Gasteiger partial charge in [-0.15, -0.1) is 0 Å². The van der Waals surface area contributed by atoms with Crippen LogP contribution in [0.5, 0.6) is 0 Å². The van der Waals surface area contributed by atoms with Crippen molar-refractivity contribution in [2.75, 3.05) is 20.1 Å². The van der Waals surface area contributed by atoms with Crippen LogP contribution in [0.15, 0.2) is 18.2 Å². The standard InChI is InChI=1S/C15H22N2/c1-16-15(14-9-17-10-14)13-7-6-11-4-2-3-5-12(11)8-13/h6-8,14-17H,2-5,9-10H2,1H3. The average molecular weight is 230 g/mol. The third-order valence-electron chi connectivity index (χ3n) is 4.33. The van der Waals surface area contributed by atoms with Crippen LogP contribution >= 0.6 is 0 Å². The molecule has 1 aliphatic heterocycles. The maximum absolute atomic E-state index is 3.49. The Morgan fingerprint density at radius 3 is 2.59 bits per heavy atom. The molecule has 2 nitrogen and oxygen atoms in total. The first kappa shape index (κ1) is 11.2. The van der Waals surface area contributed by atoms with E-state index in [1.54, 1.807) is 11.1 Å². The van der Waals surface area contributed by atoms with E-state index in [0.717, 1.165) is 19.0 Å². The number of benzene rings is 1. The second kappa shape index (κ2) is 4.79. The lowest BCUT2D eigenvalue weighted by atomic mass is 9.84. The Kier molecular flexibility index (Phi) is 3.17. The number of hydrogen-bond donors (Lipinski definition) is 2. The fourth-order valence-electron chi connectivity index (χ4n) is 3.17. The Labute approximate surface area is 104 Å². The molecule has 0 amide bonds. The summed E-state index contributed by atoms with van der Waals surface area (Å²) in [6, 6.07) is 7.68. The highest BCUT2D eigenvalue weighted by atomic mass is 15.0. The Morgan fingerprint density at radius 1 is 1.18 bits per heavy atom. The average Bonchev–Trinajstić information content (AvgIpc) is 2.33. The molecule has 0 spiro atoms. The van der Waals surface area contributed by atoms with Crippen molar-refractivity contribution in [1.29, 1.82) is 0 Å². The Morgan fingerprint density at radius 2 is 1.94 bits per heavy atom. The lowest BCUT2D eigenvalue weighted by molar-refractivity contribution is 0.268. The van der Waals surface area contributed by atoms with Crippen molar-refractivity contribution in [3.63, 3.8) is 0 Å². The second-order valence-electron chi connectivity index (χ2n) is 5.42. The van der Waals surface area contributed by atoms with Gasteiger partial charge in [0.2, 0.25) is 0 Å². The molecule has 0 radical (unpaired) electrons. The van der Waals surface area contributed by atoms with Crippen LogP contribution in [0.3, 0.4) is 0 Å². The smallest absolute Gasteiger partial charge is 0.0370 e. The summed E-state index contributed by atoms with van der Waals surface area (Å²) in [5.41, 5.74) is 4.67. The quantitative estimate of drug-likeness (QED) is 0.830. The molecular formula is C15H22N2.